The third-order valence-electron chi connectivity index (χ3n) is 2.55. The van der Waals surface area contributed by atoms with Crippen molar-refractivity contribution in [3.05, 3.63) is 23.8 Å². The lowest BCUT2D eigenvalue weighted by molar-refractivity contribution is 0.0759. The molecule has 1 atom stereocenters. The quantitative estimate of drug-likeness (QED) is 0.764. The summed E-state index contributed by atoms with van der Waals surface area (Å²) >= 11 is 0. The van der Waals surface area contributed by atoms with E-state index in [9.17, 15) is 5.11 Å². The number of benzene rings is 1. The number of methoxy groups -OCH3 is 1. The Morgan fingerprint density at radius 2 is 2.40 bits per heavy atom. The molecule has 1 aliphatic heterocycles. The summed E-state index contributed by atoms with van der Waals surface area (Å²) in [5, 5.41) is 13.2. The summed E-state index contributed by atoms with van der Waals surface area (Å²) in [4.78, 5) is 0. The van der Waals surface area contributed by atoms with Gasteiger partial charge in [0.2, 0.25) is 0 Å². The Hall–Kier alpha value is -1.26. The van der Waals surface area contributed by atoms with Crippen LogP contribution in [0.3, 0.4) is 0 Å². The number of nitrogens with one attached hydrogen (secondary N) is 1. The Morgan fingerprint density at radius 3 is 3.07 bits per heavy atom. The molecule has 1 aromatic carbocycles. The number of ether oxygens (including phenoxy) is 2. The topological polar surface area (TPSA) is 50.7 Å². The van der Waals surface area contributed by atoms with Crippen molar-refractivity contribution >= 4 is 0 Å². The summed E-state index contributed by atoms with van der Waals surface area (Å²) < 4.78 is 10.4. The average Bonchev–Trinajstić information content (AvgIpc) is 2.30. The van der Waals surface area contributed by atoms with Crippen molar-refractivity contribution < 1.29 is 14.6 Å². The summed E-state index contributed by atoms with van der Waals surface area (Å²) in [6, 6.07) is 5.53. The van der Waals surface area contributed by atoms with Crippen LogP contribution < -0.4 is 10.1 Å². The lowest BCUT2D eigenvalue weighted by Gasteiger charge is -2.25. The first kappa shape index (κ1) is 10.3. The molecule has 0 saturated carbocycles. The van der Waals surface area contributed by atoms with Crippen LogP contribution in [0.15, 0.2) is 18.2 Å². The number of hydrogen-bond acceptors (Lipinski definition) is 4. The van der Waals surface area contributed by atoms with Crippen LogP contribution in [0.2, 0.25) is 0 Å². The minimum Gasteiger partial charge on any atom is -0.504 e. The van der Waals surface area contributed by atoms with Crippen LogP contribution >= 0.6 is 0 Å². The van der Waals surface area contributed by atoms with Gasteiger partial charge in [0.05, 0.1) is 26.4 Å². The molecule has 1 aromatic rings. The maximum Gasteiger partial charge on any atom is 0.162 e. The smallest absolute Gasteiger partial charge is 0.162 e. The van der Waals surface area contributed by atoms with Gasteiger partial charge in [-0.05, 0) is 6.07 Å². The Bertz CT molecular complexity index is 335. The summed E-state index contributed by atoms with van der Waals surface area (Å²) in [5.74, 6) is 0.697. The molecule has 0 amide bonds. The molecule has 0 radical (unpaired) electrons. The SMILES string of the molecule is COc1cccc([C@@H]2COCCN2)c1O. The van der Waals surface area contributed by atoms with Crippen LogP contribution in [0.5, 0.6) is 11.5 Å². The van der Waals surface area contributed by atoms with Gasteiger partial charge in [0, 0.05) is 12.1 Å². The van der Waals surface area contributed by atoms with Crippen LogP contribution in [0.4, 0.5) is 0 Å². The number of aromatic hydroxyl groups is 1. The van der Waals surface area contributed by atoms with Crippen molar-refractivity contribution in [1.82, 2.24) is 5.32 Å². The fraction of sp³-hybridized carbons (Fsp3) is 0.455. The van der Waals surface area contributed by atoms with E-state index in [-0.39, 0.29) is 11.8 Å². The lowest BCUT2D eigenvalue weighted by atomic mass is 10.1. The molecule has 2 rings (SSSR count). The molecular weight excluding hydrogens is 194 g/mol. The number of hydrogen-bond donors (Lipinski definition) is 2. The Kier molecular flexibility index (Phi) is 3.08. The summed E-state index contributed by atoms with van der Waals surface area (Å²) in [5.41, 5.74) is 0.828. The van der Waals surface area contributed by atoms with Crippen molar-refractivity contribution in [2.45, 2.75) is 6.04 Å². The fourth-order valence-electron chi connectivity index (χ4n) is 1.75. The van der Waals surface area contributed by atoms with Gasteiger partial charge in [0.25, 0.3) is 0 Å². The van der Waals surface area contributed by atoms with Crippen LogP contribution in [-0.2, 0) is 4.74 Å². The van der Waals surface area contributed by atoms with Gasteiger partial charge >= 0.3 is 0 Å². The zero-order chi connectivity index (χ0) is 10.7. The highest BCUT2D eigenvalue weighted by Gasteiger charge is 2.19. The van der Waals surface area contributed by atoms with E-state index >= 15 is 0 Å². The maximum atomic E-state index is 9.92. The fourth-order valence-corrected chi connectivity index (χ4v) is 1.75. The molecule has 0 aromatic heterocycles. The zero-order valence-electron chi connectivity index (χ0n) is 8.69. The van der Waals surface area contributed by atoms with Crippen LogP contribution in [0.25, 0.3) is 0 Å². The van der Waals surface area contributed by atoms with Gasteiger partial charge in [-0.1, -0.05) is 12.1 Å². The number of morpholine rings is 1. The Balaban J connectivity index is 2.26. The first-order valence-electron chi connectivity index (χ1n) is 5.00. The van der Waals surface area contributed by atoms with E-state index in [0.29, 0.717) is 12.4 Å². The summed E-state index contributed by atoms with van der Waals surface area (Å²) in [6.45, 7) is 2.11. The minimum atomic E-state index is 0.0499. The second kappa shape index (κ2) is 4.51. The number of para-hydroxylation sites is 1. The molecule has 4 nitrogen and oxygen atoms in total. The maximum absolute atomic E-state index is 9.92. The van der Waals surface area contributed by atoms with E-state index in [1.54, 1.807) is 13.2 Å². The summed E-state index contributed by atoms with van der Waals surface area (Å²) in [7, 11) is 1.55. The minimum absolute atomic E-state index is 0.0499. The molecule has 1 saturated heterocycles. The van der Waals surface area contributed by atoms with Crippen LogP contribution in [0, 0.1) is 0 Å². The van der Waals surface area contributed by atoms with Gasteiger partial charge < -0.3 is 19.9 Å². The van der Waals surface area contributed by atoms with Crippen LogP contribution in [0.1, 0.15) is 11.6 Å². The molecule has 1 heterocycles. The standard InChI is InChI=1S/C11H15NO3/c1-14-10-4-2-3-8(11(10)13)9-7-15-6-5-12-9/h2-4,9,12-13H,5-7H2,1H3/t9-/m0/s1. The van der Waals surface area contributed by atoms with Crippen molar-refractivity contribution in [2.24, 2.45) is 0 Å². The van der Waals surface area contributed by atoms with Crippen molar-refractivity contribution in [1.29, 1.82) is 0 Å². The first-order chi connectivity index (χ1) is 7.33. The predicted molar refractivity (Wildman–Crippen MR) is 56.2 cm³/mol. The highest BCUT2D eigenvalue weighted by Crippen LogP contribution is 2.33. The van der Waals surface area contributed by atoms with Crippen molar-refractivity contribution in [3.63, 3.8) is 0 Å². The van der Waals surface area contributed by atoms with Gasteiger partial charge in [-0.25, -0.2) is 0 Å². The first-order valence-corrected chi connectivity index (χ1v) is 5.00. The molecule has 4 heteroatoms. The normalized spacial score (nSPS) is 21.3. The van der Waals surface area contributed by atoms with Gasteiger partial charge in [0.15, 0.2) is 11.5 Å². The average molecular weight is 209 g/mol. The van der Waals surface area contributed by atoms with Gasteiger partial charge in [-0.2, -0.15) is 0 Å². The molecule has 2 N–H and O–H groups in total. The third-order valence-corrected chi connectivity index (χ3v) is 2.55. The summed E-state index contributed by atoms with van der Waals surface area (Å²) in [6.07, 6.45) is 0. The number of rotatable bonds is 2. The molecule has 15 heavy (non-hydrogen) atoms. The second-order valence-corrected chi connectivity index (χ2v) is 3.48. The molecule has 1 fully saturated rings. The van der Waals surface area contributed by atoms with E-state index in [2.05, 4.69) is 5.32 Å². The van der Waals surface area contributed by atoms with Gasteiger partial charge in [-0.15, -0.1) is 0 Å². The molecule has 0 aliphatic carbocycles. The van der Waals surface area contributed by atoms with E-state index in [0.717, 1.165) is 18.7 Å². The van der Waals surface area contributed by atoms with Gasteiger partial charge in [0.1, 0.15) is 0 Å². The molecule has 0 spiro atoms. The Morgan fingerprint density at radius 1 is 1.53 bits per heavy atom. The highest BCUT2D eigenvalue weighted by atomic mass is 16.5. The molecular formula is C11H15NO3. The predicted octanol–water partition coefficient (Wildman–Crippen LogP) is 1.06. The molecule has 82 valence electrons. The largest absolute Gasteiger partial charge is 0.504 e. The lowest BCUT2D eigenvalue weighted by Crippen LogP contribution is -2.34. The van der Waals surface area contributed by atoms with E-state index in [1.165, 1.54) is 0 Å². The number of phenolic OH excluding ortho intramolecular Hbond substituents is 1. The molecule has 0 bridgehead atoms. The Labute approximate surface area is 88.8 Å². The third kappa shape index (κ3) is 2.06. The van der Waals surface area contributed by atoms with Crippen molar-refractivity contribution in [3.8, 4) is 11.5 Å². The van der Waals surface area contributed by atoms with Crippen molar-refractivity contribution in [2.75, 3.05) is 26.9 Å². The molecule has 1 aliphatic rings. The molecule has 0 unspecified atom stereocenters. The zero-order valence-corrected chi connectivity index (χ0v) is 8.69. The van der Waals surface area contributed by atoms with Gasteiger partial charge in [-0.3, -0.25) is 0 Å². The van der Waals surface area contributed by atoms with E-state index < -0.39 is 0 Å². The van der Waals surface area contributed by atoms with Crippen LogP contribution in [-0.4, -0.2) is 32.0 Å². The van der Waals surface area contributed by atoms with E-state index in [4.69, 9.17) is 9.47 Å². The van der Waals surface area contributed by atoms with E-state index in [1.807, 2.05) is 12.1 Å². The monoisotopic (exact) mass is 209 g/mol. The second-order valence-electron chi connectivity index (χ2n) is 3.48. The highest BCUT2D eigenvalue weighted by molar-refractivity contribution is 5.47. The number of phenols is 1.